The lowest BCUT2D eigenvalue weighted by atomic mass is 9.94. The molecule has 1 saturated heterocycles. The van der Waals surface area contributed by atoms with Gasteiger partial charge in [0.2, 0.25) is 0 Å². The molecule has 0 aliphatic carbocycles. The van der Waals surface area contributed by atoms with Gasteiger partial charge in [-0.1, -0.05) is 6.07 Å². The zero-order chi connectivity index (χ0) is 21.6. The summed E-state index contributed by atoms with van der Waals surface area (Å²) >= 11 is 0. The SMILES string of the molecule is CCOc1cc(CN2CCCC(c3cc(=O)[nH]c(-c4cnccn4)n3)C2)ccc1OC. The van der Waals surface area contributed by atoms with Gasteiger partial charge in [0.05, 0.1) is 25.6 Å². The lowest BCUT2D eigenvalue weighted by Gasteiger charge is -2.32. The Morgan fingerprint density at radius 2 is 2.13 bits per heavy atom. The van der Waals surface area contributed by atoms with Crippen LogP contribution < -0.4 is 15.0 Å². The summed E-state index contributed by atoms with van der Waals surface area (Å²) in [6.45, 7) is 5.21. The average Bonchev–Trinajstić information content (AvgIpc) is 2.80. The molecule has 1 N–H and O–H groups in total. The van der Waals surface area contributed by atoms with Crippen LogP contribution in [0.15, 0.2) is 47.7 Å². The molecule has 0 saturated carbocycles. The van der Waals surface area contributed by atoms with Crippen molar-refractivity contribution in [2.45, 2.75) is 32.2 Å². The summed E-state index contributed by atoms with van der Waals surface area (Å²) < 4.78 is 11.1. The molecule has 162 valence electrons. The largest absolute Gasteiger partial charge is 0.493 e. The molecule has 1 aliphatic heterocycles. The summed E-state index contributed by atoms with van der Waals surface area (Å²) in [6, 6.07) is 7.67. The van der Waals surface area contributed by atoms with Gasteiger partial charge in [0.25, 0.3) is 5.56 Å². The third-order valence-electron chi connectivity index (χ3n) is 5.43. The first-order valence-corrected chi connectivity index (χ1v) is 10.6. The van der Waals surface area contributed by atoms with E-state index in [0.29, 0.717) is 18.1 Å². The number of likely N-dealkylation sites (tertiary alicyclic amines) is 1. The van der Waals surface area contributed by atoms with Crippen LogP contribution in [0.2, 0.25) is 0 Å². The van der Waals surface area contributed by atoms with Crippen molar-refractivity contribution in [1.29, 1.82) is 0 Å². The highest BCUT2D eigenvalue weighted by atomic mass is 16.5. The fraction of sp³-hybridized carbons (Fsp3) is 0.391. The minimum absolute atomic E-state index is 0.167. The van der Waals surface area contributed by atoms with E-state index in [2.05, 4.69) is 25.9 Å². The zero-order valence-electron chi connectivity index (χ0n) is 17.9. The van der Waals surface area contributed by atoms with E-state index < -0.39 is 0 Å². The van der Waals surface area contributed by atoms with Gasteiger partial charge in [0, 0.05) is 37.5 Å². The maximum absolute atomic E-state index is 12.3. The molecule has 8 heteroatoms. The molecule has 1 aliphatic rings. The smallest absolute Gasteiger partial charge is 0.251 e. The van der Waals surface area contributed by atoms with Gasteiger partial charge in [-0.3, -0.25) is 14.7 Å². The van der Waals surface area contributed by atoms with E-state index >= 15 is 0 Å². The Hall–Kier alpha value is -3.26. The molecule has 0 spiro atoms. The number of ether oxygens (including phenoxy) is 2. The molecule has 1 atom stereocenters. The van der Waals surface area contributed by atoms with Gasteiger partial charge >= 0.3 is 0 Å². The van der Waals surface area contributed by atoms with Gasteiger partial charge < -0.3 is 14.5 Å². The van der Waals surface area contributed by atoms with E-state index in [1.807, 2.05) is 19.1 Å². The van der Waals surface area contributed by atoms with Gasteiger partial charge in [-0.15, -0.1) is 0 Å². The molecule has 0 bridgehead atoms. The molecule has 8 nitrogen and oxygen atoms in total. The molecule has 3 aromatic rings. The number of aromatic amines is 1. The fourth-order valence-corrected chi connectivity index (χ4v) is 4.01. The Labute approximate surface area is 181 Å². The van der Waals surface area contributed by atoms with Crippen LogP contribution in [-0.4, -0.2) is 51.6 Å². The number of rotatable bonds is 7. The number of benzene rings is 1. The summed E-state index contributed by atoms with van der Waals surface area (Å²) in [7, 11) is 1.65. The number of hydrogen-bond donors (Lipinski definition) is 1. The quantitative estimate of drug-likeness (QED) is 0.627. The van der Waals surface area contributed by atoms with Crippen molar-refractivity contribution in [3.05, 3.63) is 64.5 Å². The molecule has 2 aromatic heterocycles. The van der Waals surface area contributed by atoms with E-state index in [0.717, 1.165) is 49.7 Å². The summed E-state index contributed by atoms with van der Waals surface area (Å²) in [5.41, 5.74) is 2.37. The molecule has 1 fully saturated rings. The summed E-state index contributed by atoms with van der Waals surface area (Å²) in [4.78, 5) is 30.5. The molecular weight excluding hydrogens is 394 g/mol. The van der Waals surface area contributed by atoms with Crippen molar-refractivity contribution in [3.8, 4) is 23.0 Å². The number of nitrogens with zero attached hydrogens (tertiary/aromatic N) is 4. The van der Waals surface area contributed by atoms with Crippen LogP contribution in [0, 0.1) is 0 Å². The van der Waals surface area contributed by atoms with Crippen molar-refractivity contribution >= 4 is 0 Å². The number of H-pyrrole nitrogens is 1. The first kappa shape index (κ1) is 21.0. The highest BCUT2D eigenvalue weighted by Crippen LogP contribution is 2.30. The first-order valence-electron chi connectivity index (χ1n) is 10.6. The molecule has 0 amide bonds. The standard InChI is InChI=1S/C23H27N5O3/c1-3-31-21-11-16(6-7-20(21)30-2)14-28-10-4-5-17(15-28)18-12-22(29)27-23(26-18)19-13-24-8-9-25-19/h6-9,11-13,17H,3-5,10,14-15H2,1-2H3,(H,26,27,29). The highest BCUT2D eigenvalue weighted by Gasteiger charge is 2.24. The Bertz CT molecular complexity index is 1070. The Balaban J connectivity index is 1.51. The summed E-state index contributed by atoms with van der Waals surface area (Å²) in [5, 5.41) is 0. The molecule has 4 rings (SSSR count). The minimum Gasteiger partial charge on any atom is -0.493 e. The van der Waals surface area contributed by atoms with Crippen LogP contribution in [0.1, 0.15) is 36.9 Å². The number of aromatic nitrogens is 4. The maximum atomic E-state index is 12.3. The molecule has 31 heavy (non-hydrogen) atoms. The Morgan fingerprint density at radius 3 is 2.90 bits per heavy atom. The topological polar surface area (TPSA) is 93.2 Å². The first-order chi connectivity index (χ1) is 15.2. The second kappa shape index (κ2) is 9.70. The van der Waals surface area contributed by atoms with E-state index in [4.69, 9.17) is 14.5 Å². The number of nitrogens with one attached hydrogen (secondary N) is 1. The fourth-order valence-electron chi connectivity index (χ4n) is 4.01. The van der Waals surface area contributed by atoms with Crippen molar-refractivity contribution in [1.82, 2.24) is 24.8 Å². The average molecular weight is 422 g/mol. The second-order valence-electron chi connectivity index (χ2n) is 7.60. The molecular formula is C23H27N5O3. The van der Waals surface area contributed by atoms with Crippen LogP contribution >= 0.6 is 0 Å². The normalized spacial score (nSPS) is 16.8. The Morgan fingerprint density at radius 1 is 1.23 bits per heavy atom. The number of methoxy groups -OCH3 is 1. The van der Waals surface area contributed by atoms with Crippen molar-refractivity contribution in [2.75, 3.05) is 26.8 Å². The minimum atomic E-state index is -0.167. The van der Waals surface area contributed by atoms with Crippen molar-refractivity contribution in [2.24, 2.45) is 0 Å². The van der Waals surface area contributed by atoms with Gasteiger partial charge in [0.15, 0.2) is 17.3 Å². The molecule has 3 heterocycles. The van der Waals surface area contributed by atoms with Crippen LogP contribution in [0.25, 0.3) is 11.5 Å². The van der Waals surface area contributed by atoms with E-state index in [-0.39, 0.29) is 11.5 Å². The van der Waals surface area contributed by atoms with Crippen LogP contribution in [-0.2, 0) is 6.54 Å². The third-order valence-corrected chi connectivity index (χ3v) is 5.43. The predicted octanol–water partition coefficient (Wildman–Crippen LogP) is 3.01. The van der Waals surface area contributed by atoms with Crippen molar-refractivity contribution in [3.63, 3.8) is 0 Å². The molecule has 1 unspecified atom stereocenters. The van der Waals surface area contributed by atoms with E-state index in [1.54, 1.807) is 31.8 Å². The van der Waals surface area contributed by atoms with Crippen molar-refractivity contribution < 1.29 is 9.47 Å². The lowest BCUT2D eigenvalue weighted by Crippen LogP contribution is -2.34. The maximum Gasteiger partial charge on any atom is 0.251 e. The predicted molar refractivity (Wildman–Crippen MR) is 117 cm³/mol. The van der Waals surface area contributed by atoms with Gasteiger partial charge in [0.1, 0.15) is 5.69 Å². The lowest BCUT2D eigenvalue weighted by molar-refractivity contribution is 0.198. The summed E-state index contributed by atoms with van der Waals surface area (Å²) in [6.07, 6.45) is 6.85. The number of piperidine rings is 1. The Kier molecular flexibility index (Phi) is 6.57. The van der Waals surface area contributed by atoms with Crippen LogP contribution in [0.3, 0.4) is 0 Å². The molecule has 0 radical (unpaired) electrons. The number of hydrogen-bond acceptors (Lipinski definition) is 7. The van der Waals surface area contributed by atoms with E-state index in [9.17, 15) is 4.79 Å². The highest BCUT2D eigenvalue weighted by molar-refractivity contribution is 5.46. The van der Waals surface area contributed by atoms with Crippen LogP contribution in [0.5, 0.6) is 11.5 Å². The zero-order valence-corrected chi connectivity index (χ0v) is 17.9. The summed E-state index contributed by atoms with van der Waals surface area (Å²) in [5.74, 6) is 2.16. The van der Waals surface area contributed by atoms with Gasteiger partial charge in [-0.05, 0) is 44.0 Å². The second-order valence-corrected chi connectivity index (χ2v) is 7.60. The monoisotopic (exact) mass is 421 g/mol. The van der Waals surface area contributed by atoms with Gasteiger partial charge in [-0.2, -0.15) is 0 Å². The van der Waals surface area contributed by atoms with Gasteiger partial charge in [-0.25, -0.2) is 9.97 Å². The third kappa shape index (κ3) is 5.08. The van der Waals surface area contributed by atoms with Crippen LogP contribution in [0.4, 0.5) is 0 Å². The molecule has 1 aromatic carbocycles. The van der Waals surface area contributed by atoms with E-state index in [1.165, 1.54) is 5.56 Å².